The van der Waals surface area contributed by atoms with Crippen LogP contribution in [0, 0.1) is 5.92 Å². The second-order valence-corrected chi connectivity index (χ2v) is 9.12. The van der Waals surface area contributed by atoms with Crippen LogP contribution < -0.4 is 5.32 Å². The third kappa shape index (κ3) is 3.46. The summed E-state index contributed by atoms with van der Waals surface area (Å²) in [5.41, 5.74) is 3.67. The molecule has 0 bridgehead atoms. The molecule has 3 aromatic heterocycles. The van der Waals surface area contributed by atoms with E-state index in [4.69, 9.17) is 0 Å². The minimum absolute atomic E-state index is 0.0571. The highest BCUT2D eigenvalue weighted by molar-refractivity contribution is 7.09. The van der Waals surface area contributed by atoms with Gasteiger partial charge in [0.25, 0.3) is 0 Å². The van der Waals surface area contributed by atoms with Gasteiger partial charge in [-0.25, -0.2) is 4.79 Å². The number of pyridine rings is 1. The van der Waals surface area contributed by atoms with Crippen molar-refractivity contribution in [1.29, 1.82) is 0 Å². The predicted octanol–water partition coefficient (Wildman–Crippen LogP) is 4.50. The quantitative estimate of drug-likeness (QED) is 0.693. The van der Waals surface area contributed by atoms with Crippen LogP contribution in [0.4, 0.5) is 4.79 Å². The average molecular weight is 407 g/mol. The number of hydrogen-bond acceptors (Lipinski definition) is 3. The van der Waals surface area contributed by atoms with Gasteiger partial charge < -0.3 is 14.8 Å². The van der Waals surface area contributed by atoms with Gasteiger partial charge in [-0.1, -0.05) is 25.1 Å². The minimum atomic E-state index is 0.0571. The number of urea groups is 1. The molecule has 5 rings (SSSR count). The molecule has 29 heavy (non-hydrogen) atoms. The van der Waals surface area contributed by atoms with Crippen LogP contribution in [-0.4, -0.2) is 40.1 Å². The van der Waals surface area contributed by atoms with Crippen molar-refractivity contribution < 1.29 is 4.79 Å². The third-order valence-corrected chi connectivity index (χ3v) is 7.19. The Bertz CT molecular complexity index is 1050. The van der Waals surface area contributed by atoms with Gasteiger partial charge in [-0.15, -0.1) is 11.3 Å². The maximum atomic E-state index is 12.8. The fourth-order valence-corrected chi connectivity index (χ4v) is 5.28. The number of aromatic nitrogens is 2. The third-order valence-electron chi connectivity index (χ3n) is 6.26. The summed E-state index contributed by atoms with van der Waals surface area (Å²) in [7, 11) is 0. The molecule has 2 aliphatic rings. The van der Waals surface area contributed by atoms with Crippen LogP contribution >= 0.6 is 11.3 Å². The molecule has 1 N–H and O–H groups in total. The molecule has 1 saturated heterocycles. The molecular formula is C23H26N4OS. The normalized spacial score (nSPS) is 20.9. The van der Waals surface area contributed by atoms with Gasteiger partial charge in [-0.05, 0) is 36.3 Å². The van der Waals surface area contributed by atoms with Gasteiger partial charge in [0, 0.05) is 54.3 Å². The number of carbonyl (C=O) groups is 1. The van der Waals surface area contributed by atoms with E-state index in [1.54, 1.807) is 11.3 Å². The lowest BCUT2D eigenvalue weighted by Gasteiger charge is -2.38. The van der Waals surface area contributed by atoms with E-state index in [1.807, 2.05) is 11.1 Å². The molecule has 150 valence electrons. The number of rotatable bonds is 4. The van der Waals surface area contributed by atoms with E-state index in [1.165, 1.54) is 21.3 Å². The summed E-state index contributed by atoms with van der Waals surface area (Å²) in [5, 5.41) is 6.37. The first-order valence-corrected chi connectivity index (χ1v) is 11.3. The van der Waals surface area contributed by atoms with Crippen molar-refractivity contribution in [1.82, 2.24) is 19.8 Å². The molecule has 4 heterocycles. The molecule has 0 saturated carbocycles. The van der Waals surface area contributed by atoms with E-state index in [-0.39, 0.29) is 12.1 Å². The Morgan fingerprint density at radius 3 is 3.17 bits per heavy atom. The van der Waals surface area contributed by atoms with E-state index in [0.717, 1.165) is 38.0 Å². The highest BCUT2D eigenvalue weighted by Crippen LogP contribution is 2.34. The Kier molecular flexibility index (Phi) is 4.87. The molecule has 0 unspecified atom stereocenters. The zero-order valence-electron chi connectivity index (χ0n) is 16.7. The maximum absolute atomic E-state index is 12.8. The number of amides is 2. The molecule has 1 fully saturated rings. The van der Waals surface area contributed by atoms with Crippen LogP contribution in [0.2, 0.25) is 0 Å². The summed E-state index contributed by atoms with van der Waals surface area (Å²) in [6, 6.07) is 6.67. The lowest BCUT2D eigenvalue weighted by Crippen LogP contribution is -2.48. The van der Waals surface area contributed by atoms with Crippen LogP contribution in [0.5, 0.6) is 0 Å². The van der Waals surface area contributed by atoms with Crippen molar-refractivity contribution in [2.45, 2.75) is 32.2 Å². The fourth-order valence-electron chi connectivity index (χ4n) is 4.57. The van der Waals surface area contributed by atoms with Gasteiger partial charge in [0.2, 0.25) is 0 Å². The number of fused-ring (bicyclic) bond motifs is 3. The van der Waals surface area contributed by atoms with Crippen LogP contribution in [0.1, 0.15) is 35.5 Å². The number of allylic oxidation sites excluding steroid dienone is 1. The summed E-state index contributed by atoms with van der Waals surface area (Å²) in [6.45, 7) is 4.56. The average Bonchev–Trinajstić information content (AvgIpc) is 3.47. The van der Waals surface area contributed by atoms with E-state index < -0.39 is 0 Å². The number of thiophene rings is 1. The van der Waals surface area contributed by atoms with Crippen molar-refractivity contribution in [3.63, 3.8) is 0 Å². The molecule has 0 radical (unpaired) electrons. The van der Waals surface area contributed by atoms with Gasteiger partial charge in [0.05, 0.1) is 17.3 Å². The summed E-state index contributed by atoms with van der Waals surface area (Å²) in [5.74, 6) is 0.523. The molecule has 2 amide bonds. The van der Waals surface area contributed by atoms with Crippen LogP contribution in [0.15, 0.2) is 42.0 Å². The van der Waals surface area contributed by atoms with Crippen molar-refractivity contribution in [3.8, 4) is 0 Å². The van der Waals surface area contributed by atoms with Gasteiger partial charge in [-0.2, -0.15) is 0 Å². The number of hydrogen-bond donors (Lipinski definition) is 1. The highest BCUT2D eigenvalue weighted by atomic mass is 32.1. The Labute approximate surface area is 175 Å². The van der Waals surface area contributed by atoms with Gasteiger partial charge in [0.15, 0.2) is 0 Å². The summed E-state index contributed by atoms with van der Waals surface area (Å²) in [6.07, 6.45) is 11.4. The van der Waals surface area contributed by atoms with E-state index in [2.05, 4.69) is 63.7 Å². The monoisotopic (exact) mass is 406 g/mol. The Balaban J connectivity index is 1.33. The number of nitrogens with one attached hydrogen (secondary N) is 1. The minimum Gasteiger partial charge on any atom is -0.342 e. The summed E-state index contributed by atoms with van der Waals surface area (Å²) >= 11 is 1.74. The van der Waals surface area contributed by atoms with Crippen molar-refractivity contribution in [2.24, 2.45) is 5.92 Å². The van der Waals surface area contributed by atoms with E-state index in [9.17, 15) is 4.79 Å². The Morgan fingerprint density at radius 2 is 2.31 bits per heavy atom. The lowest BCUT2D eigenvalue weighted by atomic mass is 9.93. The molecule has 1 aliphatic heterocycles. The number of likely N-dealkylation sites (tertiary alicyclic amines) is 1. The molecular weight excluding hydrogens is 380 g/mol. The van der Waals surface area contributed by atoms with Crippen molar-refractivity contribution in [2.75, 3.05) is 19.6 Å². The molecule has 6 heteroatoms. The smallest absolute Gasteiger partial charge is 0.317 e. The van der Waals surface area contributed by atoms with Gasteiger partial charge >= 0.3 is 6.03 Å². The van der Waals surface area contributed by atoms with E-state index >= 15 is 0 Å². The second-order valence-electron chi connectivity index (χ2n) is 8.09. The number of piperidine rings is 1. The zero-order valence-corrected chi connectivity index (χ0v) is 17.5. The zero-order chi connectivity index (χ0) is 19.8. The molecule has 0 spiro atoms. The second kappa shape index (κ2) is 7.67. The largest absolute Gasteiger partial charge is 0.342 e. The summed E-state index contributed by atoms with van der Waals surface area (Å²) in [4.78, 5) is 20.7. The number of carbonyl (C=O) groups excluding carboxylic acids is 1. The predicted molar refractivity (Wildman–Crippen MR) is 118 cm³/mol. The highest BCUT2D eigenvalue weighted by Gasteiger charge is 2.31. The molecule has 0 aromatic carbocycles. The van der Waals surface area contributed by atoms with Crippen molar-refractivity contribution >= 4 is 34.3 Å². The first kappa shape index (κ1) is 18.4. The molecule has 2 atom stereocenters. The molecule has 3 aromatic rings. The standard InChI is InChI=1S/C23H26N4OS/c1-16-8-11-26(23(28)24-10-7-18-4-3-13-29-18)15-21(16)27-12-9-17-14-25-20-6-2-5-19(20)22(17)27/h2-5,9,12-14,16,21H,6-8,10-11,15H2,1H3,(H,24,28)/t16-,21+/m1/s1. The van der Waals surface area contributed by atoms with E-state index in [0.29, 0.717) is 12.5 Å². The van der Waals surface area contributed by atoms with Crippen LogP contribution in [0.25, 0.3) is 17.0 Å². The summed E-state index contributed by atoms with van der Waals surface area (Å²) < 4.78 is 2.39. The Morgan fingerprint density at radius 1 is 1.38 bits per heavy atom. The van der Waals surface area contributed by atoms with Crippen LogP contribution in [-0.2, 0) is 12.8 Å². The molecule has 1 aliphatic carbocycles. The lowest BCUT2D eigenvalue weighted by molar-refractivity contribution is 0.142. The van der Waals surface area contributed by atoms with Crippen molar-refractivity contribution in [3.05, 3.63) is 58.2 Å². The van der Waals surface area contributed by atoms with Crippen LogP contribution in [0.3, 0.4) is 0 Å². The van der Waals surface area contributed by atoms with Gasteiger partial charge in [0.1, 0.15) is 0 Å². The Hall–Kier alpha value is -2.60. The first-order chi connectivity index (χ1) is 14.2. The SMILES string of the molecule is C[C@@H]1CCN(C(=O)NCCc2cccs2)C[C@@H]1n1ccc2cnc3c(c21)C=CC3. The first-order valence-electron chi connectivity index (χ1n) is 10.4. The number of nitrogens with zero attached hydrogens (tertiary/aromatic N) is 3. The molecule has 5 nitrogen and oxygen atoms in total. The fraction of sp³-hybridized carbons (Fsp3) is 0.391. The van der Waals surface area contributed by atoms with Gasteiger partial charge in [-0.3, -0.25) is 4.98 Å². The maximum Gasteiger partial charge on any atom is 0.317 e. The topological polar surface area (TPSA) is 50.2 Å².